The lowest BCUT2D eigenvalue weighted by atomic mass is 10.3. The summed E-state index contributed by atoms with van der Waals surface area (Å²) in [6, 6.07) is 0.236. The van der Waals surface area contributed by atoms with Gasteiger partial charge in [0.25, 0.3) is 0 Å². The van der Waals surface area contributed by atoms with Gasteiger partial charge in [-0.2, -0.15) is 0 Å². The Morgan fingerprint density at radius 1 is 1.29 bits per heavy atom. The van der Waals surface area contributed by atoms with Gasteiger partial charge in [0.2, 0.25) is 5.91 Å². The van der Waals surface area contributed by atoms with E-state index in [0.29, 0.717) is 12.3 Å². The van der Waals surface area contributed by atoms with Crippen molar-refractivity contribution < 1.29 is 4.79 Å². The maximum atomic E-state index is 12.2. The van der Waals surface area contributed by atoms with Gasteiger partial charge in [0.1, 0.15) is 5.82 Å². The number of amides is 1. The van der Waals surface area contributed by atoms with Crippen molar-refractivity contribution in [1.82, 2.24) is 24.6 Å². The van der Waals surface area contributed by atoms with Gasteiger partial charge in [0, 0.05) is 32.2 Å². The third-order valence-corrected chi connectivity index (χ3v) is 4.54. The van der Waals surface area contributed by atoms with Gasteiger partial charge >= 0.3 is 0 Å². The molecule has 0 aliphatic carbocycles. The monoisotopic (exact) mass is 312 g/mol. The van der Waals surface area contributed by atoms with Crippen molar-refractivity contribution in [1.29, 1.82) is 0 Å². The SMILES string of the molecule is CC(C)n1c(CN)nnc1SCC(=O)N1CCN(C)CC1. The van der Waals surface area contributed by atoms with Gasteiger partial charge in [-0.1, -0.05) is 11.8 Å². The van der Waals surface area contributed by atoms with E-state index in [2.05, 4.69) is 36.0 Å². The second-order valence-corrected chi connectivity index (χ2v) is 6.48. The van der Waals surface area contributed by atoms with Gasteiger partial charge in [-0.3, -0.25) is 4.79 Å². The van der Waals surface area contributed by atoms with Crippen LogP contribution in [0.3, 0.4) is 0 Å². The van der Waals surface area contributed by atoms with Gasteiger partial charge in [-0.05, 0) is 20.9 Å². The first-order valence-electron chi connectivity index (χ1n) is 7.26. The first-order chi connectivity index (χ1) is 10.0. The topological polar surface area (TPSA) is 80.3 Å². The van der Waals surface area contributed by atoms with E-state index in [4.69, 9.17) is 5.73 Å². The standard InChI is InChI=1S/C13H24N6OS/c1-10(2)19-11(8-14)15-16-13(19)21-9-12(20)18-6-4-17(3)5-7-18/h10H,4-9,14H2,1-3H3. The smallest absolute Gasteiger partial charge is 0.233 e. The van der Waals surface area contributed by atoms with Crippen LogP contribution in [0.4, 0.5) is 0 Å². The predicted molar refractivity (Wildman–Crippen MR) is 83.1 cm³/mol. The van der Waals surface area contributed by atoms with E-state index in [9.17, 15) is 4.79 Å². The van der Waals surface area contributed by atoms with Gasteiger partial charge < -0.3 is 20.1 Å². The fraction of sp³-hybridized carbons (Fsp3) is 0.769. The lowest BCUT2D eigenvalue weighted by Crippen LogP contribution is -2.47. The Bertz CT molecular complexity index is 481. The Labute approximate surface area is 129 Å². The largest absolute Gasteiger partial charge is 0.339 e. The molecular formula is C13H24N6OS. The summed E-state index contributed by atoms with van der Waals surface area (Å²) in [6.07, 6.45) is 0. The van der Waals surface area contributed by atoms with Gasteiger partial charge in [0.05, 0.1) is 12.3 Å². The summed E-state index contributed by atoms with van der Waals surface area (Å²) in [7, 11) is 2.08. The third kappa shape index (κ3) is 3.96. The van der Waals surface area contributed by atoms with Crippen molar-refractivity contribution in [2.75, 3.05) is 39.0 Å². The Hall–Kier alpha value is -1.12. The molecule has 1 saturated heterocycles. The summed E-state index contributed by atoms with van der Waals surface area (Å²) >= 11 is 1.44. The normalized spacial score (nSPS) is 16.7. The maximum Gasteiger partial charge on any atom is 0.233 e. The van der Waals surface area contributed by atoms with Crippen LogP contribution in [0.1, 0.15) is 25.7 Å². The van der Waals surface area contributed by atoms with Crippen molar-refractivity contribution in [2.45, 2.75) is 31.6 Å². The van der Waals surface area contributed by atoms with E-state index in [0.717, 1.165) is 37.2 Å². The summed E-state index contributed by atoms with van der Waals surface area (Å²) in [6.45, 7) is 7.98. The Balaban J connectivity index is 1.94. The highest BCUT2D eigenvalue weighted by Gasteiger charge is 2.21. The number of piperazine rings is 1. The summed E-state index contributed by atoms with van der Waals surface area (Å²) in [5.74, 6) is 1.33. The fourth-order valence-electron chi connectivity index (χ4n) is 2.34. The average molecular weight is 312 g/mol. The summed E-state index contributed by atoms with van der Waals surface area (Å²) < 4.78 is 2.00. The number of carbonyl (C=O) groups excluding carboxylic acids is 1. The van der Waals surface area contributed by atoms with E-state index in [-0.39, 0.29) is 11.9 Å². The highest BCUT2D eigenvalue weighted by atomic mass is 32.2. The molecule has 0 unspecified atom stereocenters. The number of hydrogen-bond donors (Lipinski definition) is 1. The van der Waals surface area contributed by atoms with Gasteiger partial charge in [0.15, 0.2) is 5.16 Å². The number of nitrogens with two attached hydrogens (primary N) is 1. The summed E-state index contributed by atoms with van der Waals surface area (Å²) in [4.78, 5) is 16.4. The van der Waals surface area contributed by atoms with Crippen LogP contribution in [-0.4, -0.2) is 69.5 Å². The first-order valence-corrected chi connectivity index (χ1v) is 8.24. The molecule has 0 saturated carbocycles. The number of carbonyl (C=O) groups is 1. The molecule has 1 amide bonds. The first kappa shape index (κ1) is 16.3. The highest BCUT2D eigenvalue weighted by Crippen LogP contribution is 2.21. The number of aromatic nitrogens is 3. The van der Waals surface area contributed by atoms with Crippen molar-refractivity contribution >= 4 is 17.7 Å². The Morgan fingerprint density at radius 3 is 2.52 bits per heavy atom. The van der Waals surface area contributed by atoms with Gasteiger partial charge in [-0.25, -0.2) is 0 Å². The fourth-order valence-corrected chi connectivity index (χ4v) is 3.33. The number of hydrogen-bond acceptors (Lipinski definition) is 6. The van der Waals surface area contributed by atoms with E-state index in [1.165, 1.54) is 11.8 Å². The minimum absolute atomic E-state index is 0.167. The molecule has 1 aromatic heterocycles. The number of nitrogens with zero attached hydrogens (tertiary/aromatic N) is 5. The summed E-state index contributed by atoms with van der Waals surface area (Å²) in [5.41, 5.74) is 5.68. The van der Waals surface area contributed by atoms with Crippen LogP contribution >= 0.6 is 11.8 Å². The molecule has 2 heterocycles. The molecule has 1 aliphatic heterocycles. The average Bonchev–Trinajstić information content (AvgIpc) is 2.88. The number of likely N-dealkylation sites (N-methyl/N-ethyl adjacent to an activating group) is 1. The van der Waals surface area contributed by atoms with Crippen LogP contribution in [-0.2, 0) is 11.3 Å². The third-order valence-electron chi connectivity index (χ3n) is 3.61. The molecule has 118 valence electrons. The Morgan fingerprint density at radius 2 is 1.95 bits per heavy atom. The van der Waals surface area contributed by atoms with E-state index in [1.807, 2.05) is 9.47 Å². The molecule has 0 bridgehead atoms. The Kier molecular flexibility index (Phi) is 5.60. The minimum Gasteiger partial charge on any atom is -0.339 e. The molecular weight excluding hydrogens is 288 g/mol. The van der Waals surface area contributed by atoms with Crippen LogP contribution in [0, 0.1) is 0 Å². The molecule has 1 fully saturated rings. The zero-order valence-corrected chi connectivity index (χ0v) is 13.8. The van der Waals surface area contributed by atoms with E-state index >= 15 is 0 Å². The maximum absolute atomic E-state index is 12.2. The second kappa shape index (κ2) is 7.24. The zero-order chi connectivity index (χ0) is 15.4. The van der Waals surface area contributed by atoms with Crippen molar-refractivity contribution in [3.8, 4) is 0 Å². The second-order valence-electron chi connectivity index (χ2n) is 5.54. The molecule has 0 atom stereocenters. The van der Waals surface area contributed by atoms with Crippen LogP contribution in [0.5, 0.6) is 0 Å². The molecule has 21 heavy (non-hydrogen) atoms. The molecule has 1 aliphatic rings. The van der Waals surface area contributed by atoms with Crippen molar-refractivity contribution in [3.63, 3.8) is 0 Å². The van der Waals surface area contributed by atoms with Crippen LogP contribution in [0.2, 0.25) is 0 Å². The quantitative estimate of drug-likeness (QED) is 0.782. The molecule has 7 nitrogen and oxygen atoms in total. The molecule has 0 spiro atoms. The molecule has 2 N–H and O–H groups in total. The number of thioether (sulfide) groups is 1. The van der Waals surface area contributed by atoms with E-state index < -0.39 is 0 Å². The molecule has 8 heteroatoms. The molecule has 2 rings (SSSR count). The zero-order valence-electron chi connectivity index (χ0n) is 12.9. The summed E-state index contributed by atoms with van der Waals surface area (Å²) in [5, 5.41) is 9.02. The highest BCUT2D eigenvalue weighted by molar-refractivity contribution is 7.99. The van der Waals surface area contributed by atoms with Crippen LogP contribution in [0.25, 0.3) is 0 Å². The predicted octanol–water partition coefficient (Wildman–Crippen LogP) is 0.184. The molecule has 1 aromatic rings. The molecule has 0 aromatic carbocycles. The van der Waals surface area contributed by atoms with E-state index in [1.54, 1.807) is 0 Å². The molecule has 0 radical (unpaired) electrons. The van der Waals surface area contributed by atoms with Crippen LogP contribution in [0.15, 0.2) is 5.16 Å². The van der Waals surface area contributed by atoms with Crippen molar-refractivity contribution in [3.05, 3.63) is 5.82 Å². The number of rotatable bonds is 5. The minimum atomic E-state index is 0.167. The van der Waals surface area contributed by atoms with Crippen molar-refractivity contribution in [2.24, 2.45) is 5.73 Å². The van der Waals surface area contributed by atoms with Gasteiger partial charge in [-0.15, -0.1) is 10.2 Å². The van der Waals surface area contributed by atoms with Crippen LogP contribution < -0.4 is 5.73 Å². The lowest BCUT2D eigenvalue weighted by molar-refractivity contribution is -0.129. The lowest BCUT2D eigenvalue weighted by Gasteiger charge is -2.32.